The largest absolute Gasteiger partial charge is 0.480 e. The predicted octanol–water partition coefficient (Wildman–Crippen LogP) is -1.08. The van der Waals surface area contributed by atoms with Gasteiger partial charge in [0.2, 0.25) is 5.91 Å². The van der Waals surface area contributed by atoms with Gasteiger partial charge in [0.15, 0.2) is 0 Å². The number of hydrogen-bond donors (Lipinski definition) is 3. The van der Waals surface area contributed by atoms with Crippen LogP contribution in [0.2, 0.25) is 0 Å². The number of nitrogens with two attached hydrogens (primary N) is 1. The summed E-state index contributed by atoms with van der Waals surface area (Å²) in [5.74, 6) is -1.07. The zero-order valence-corrected chi connectivity index (χ0v) is 6.62. The molecule has 12 heavy (non-hydrogen) atoms. The molecule has 1 amide bonds. The number of hydrogen-bond acceptors (Lipinski definition) is 3. The number of carboxylic acids is 1. The molecule has 1 aliphatic rings. The van der Waals surface area contributed by atoms with Crippen molar-refractivity contribution in [3.63, 3.8) is 0 Å². The molecule has 5 nitrogen and oxygen atoms in total. The van der Waals surface area contributed by atoms with Crippen molar-refractivity contribution in [3.05, 3.63) is 0 Å². The highest BCUT2D eigenvalue weighted by atomic mass is 16.4. The van der Waals surface area contributed by atoms with E-state index < -0.39 is 12.0 Å². The van der Waals surface area contributed by atoms with Crippen LogP contribution in [-0.2, 0) is 9.59 Å². The van der Waals surface area contributed by atoms with Gasteiger partial charge >= 0.3 is 5.97 Å². The molecule has 5 heteroatoms. The maximum Gasteiger partial charge on any atom is 0.322 e. The van der Waals surface area contributed by atoms with Gasteiger partial charge in [-0.2, -0.15) is 0 Å². The van der Waals surface area contributed by atoms with Crippen LogP contribution in [0, 0.1) is 5.92 Å². The smallest absolute Gasteiger partial charge is 0.322 e. The van der Waals surface area contributed by atoms with Crippen molar-refractivity contribution in [2.45, 2.75) is 18.9 Å². The summed E-state index contributed by atoms with van der Waals surface area (Å²) in [5, 5.41) is 10.9. The zero-order valence-electron chi connectivity index (χ0n) is 6.62. The van der Waals surface area contributed by atoms with Crippen LogP contribution in [-0.4, -0.2) is 29.6 Å². The Morgan fingerprint density at radius 3 is 2.58 bits per heavy atom. The number of carbonyl (C=O) groups excluding carboxylic acids is 1. The predicted molar refractivity (Wildman–Crippen MR) is 41.3 cm³/mol. The number of rotatable bonds is 4. The normalized spacial score (nSPS) is 18.4. The summed E-state index contributed by atoms with van der Waals surface area (Å²) in [4.78, 5) is 21.2. The number of carboxylic acid groups (broad SMARTS) is 1. The van der Waals surface area contributed by atoms with Gasteiger partial charge in [-0.05, 0) is 12.8 Å². The van der Waals surface area contributed by atoms with Crippen LogP contribution in [0.15, 0.2) is 0 Å². The maximum absolute atomic E-state index is 11.0. The molecule has 1 fully saturated rings. The van der Waals surface area contributed by atoms with Gasteiger partial charge in [-0.3, -0.25) is 9.59 Å². The van der Waals surface area contributed by atoms with Crippen molar-refractivity contribution in [2.75, 3.05) is 6.54 Å². The van der Waals surface area contributed by atoms with Gasteiger partial charge in [0, 0.05) is 12.5 Å². The number of nitrogens with one attached hydrogen (secondary N) is 1. The van der Waals surface area contributed by atoms with Gasteiger partial charge < -0.3 is 16.2 Å². The monoisotopic (exact) mass is 172 g/mol. The molecule has 1 aliphatic carbocycles. The quantitative estimate of drug-likeness (QED) is 0.503. The fourth-order valence-electron chi connectivity index (χ4n) is 0.788. The minimum absolute atomic E-state index is 0.0185. The van der Waals surface area contributed by atoms with Crippen molar-refractivity contribution in [3.8, 4) is 0 Å². The molecule has 0 bridgehead atoms. The third-order valence-corrected chi connectivity index (χ3v) is 1.76. The fourth-order valence-corrected chi connectivity index (χ4v) is 0.788. The molecule has 1 unspecified atom stereocenters. The number of amides is 1. The first-order valence-corrected chi connectivity index (χ1v) is 3.87. The van der Waals surface area contributed by atoms with Gasteiger partial charge in [-0.1, -0.05) is 0 Å². The Bertz CT molecular complexity index is 201. The third kappa shape index (κ3) is 2.50. The Morgan fingerprint density at radius 2 is 2.17 bits per heavy atom. The molecule has 68 valence electrons. The lowest BCUT2D eigenvalue weighted by atomic mass is 10.3. The Balaban J connectivity index is 2.15. The minimum atomic E-state index is -1.09. The molecule has 0 heterocycles. The highest BCUT2D eigenvalue weighted by molar-refractivity contribution is 5.82. The maximum atomic E-state index is 11.0. The average molecular weight is 172 g/mol. The topological polar surface area (TPSA) is 92.4 Å². The van der Waals surface area contributed by atoms with E-state index in [2.05, 4.69) is 5.32 Å². The van der Waals surface area contributed by atoms with E-state index in [1.807, 2.05) is 0 Å². The first-order chi connectivity index (χ1) is 5.61. The highest BCUT2D eigenvalue weighted by Crippen LogP contribution is 2.28. The molecule has 1 rings (SSSR count). The van der Waals surface area contributed by atoms with E-state index in [1.54, 1.807) is 0 Å². The molecule has 0 saturated heterocycles. The van der Waals surface area contributed by atoms with Gasteiger partial charge in [0.1, 0.15) is 6.04 Å². The van der Waals surface area contributed by atoms with E-state index in [4.69, 9.17) is 10.8 Å². The first kappa shape index (κ1) is 8.99. The average Bonchev–Trinajstić information content (AvgIpc) is 2.81. The standard InChI is InChI=1S/C7H12N2O3/c8-5(7(11)12)3-9-6(10)4-1-2-4/h4-5H,1-3,8H2,(H,9,10)(H,11,12). The SMILES string of the molecule is NC(CNC(=O)C1CC1)C(=O)O. The Hall–Kier alpha value is -1.10. The van der Waals surface area contributed by atoms with Crippen LogP contribution >= 0.6 is 0 Å². The van der Waals surface area contributed by atoms with Gasteiger partial charge in [-0.25, -0.2) is 0 Å². The van der Waals surface area contributed by atoms with Crippen LogP contribution in [0.5, 0.6) is 0 Å². The van der Waals surface area contributed by atoms with Gasteiger partial charge in [0.05, 0.1) is 0 Å². The van der Waals surface area contributed by atoms with E-state index in [-0.39, 0.29) is 18.4 Å². The second-order valence-corrected chi connectivity index (χ2v) is 2.96. The Labute approximate surface area is 69.9 Å². The lowest BCUT2D eigenvalue weighted by molar-refractivity contribution is -0.138. The second-order valence-electron chi connectivity index (χ2n) is 2.96. The van der Waals surface area contributed by atoms with Crippen LogP contribution in [0.25, 0.3) is 0 Å². The molecule has 0 aromatic heterocycles. The minimum Gasteiger partial charge on any atom is -0.480 e. The highest BCUT2D eigenvalue weighted by Gasteiger charge is 2.29. The van der Waals surface area contributed by atoms with Gasteiger partial charge in [-0.15, -0.1) is 0 Å². The molecule has 4 N–H and O–H groups in total. The molecule has 0 spiro atoms. The van der Waals surface area contributed by atoms with Gasteiger partial charge in [0.25, 0.3) is 0 Å². The second kappa shape index (κ2) is 3.53. The van der Waals surface area contributed by atoms with Crippen molar-refractivity contribution in [1.29, 1.82) is 0 Å². The summed E-state index contributed by atoms with van der Waals surface area (Å²) in [7, 11) is 0. The van der Waals surface area contributed by atoms with E-state index in [0.29, 0.717) is 0 Å². The van der Waals surface area contributed by atoms with E-state index in [0.717, 1.165) is 12.8 Å². The van der Waals surface area contributed by atoms with Crippen LogP contribution in [0.4, 0.5) is 0 Å². The molecule has 1 atom stereocenters. The van der Waals surface area contributed by atoms with Crippen molar-refractivity contribution in [1.82, 2.24) is 5.32 Å². The summed E-state index contributed by atoms with van der Waals surface area (Å²) < 4.78 is 0. The number of carbonyl (C=O) groups is 2. The van der Waals surface area contributed by atoms with E-state index >= 15 is 0 Å². The van der Waals surface area contributed by atoms with Crippen LogP contribution < -0.4 is 11.1 Å². The molecule has 0 aromatic rings. The molecule has 0 radical (unpaired) electrons. The zero-order chi connectivity index (χ0) is 9.14. The molecular formula is C7H12N2O3. The summed E-state index contributed by atoms with van der Waals surface area (Å²) in [6.07, 6.45) is 1.82. The first-order valence-electron chi connectivity index (χ1n) is 3.87. The molecular weight excluding hydrogens is 160 g/mol. The number of aliphatic carboxylic acids is 1. The fraction of sp³-hybridized carbons (Fsp3) is 0.714. The van der Waals surface area contributed by atoms with Crippen molar-refractivity contribution < 1.29 is 14.7 Å². The summed E-state index contributed by atoms with van der Waals surface area (Å²) >= 11 is 0. The van der Waals surface area contributed by atoms with E-state index in [9.17, 15) is 9.59 Å². The lowest BCUT2D eigenvalue weighted by Crippen LogP contribution is -2.42. The summed E-state index contributed by atoms with van der Waals surface area (Å²) in [6, 6.07) is -0.993. The molecule has 0 aromatic carbocycles. The van der Waals surface area contributed by atoms with Crippen LogP contribution in [0.1, 0.15) is 12.8 Å². The summed E-state index contributed by atoms with van der Waals surface area (Å²) in [5.41, 5.74) is 5.17. The van der Waals surface area contributed by atoms with Crippen LogP contribution in [0.3, 0.4) is 0 Å². The lowest BCUT2D eigenvalue weighted by Gasteiger charge is -2.07. The van der Waals surface area contributed by atoms with Crippen molar-refractivity contribution >= 4 is 11.9 Å². The van der Waals surface area contributed by atoms with Crippen molar-refractivity contribution in [2.24, 2.45) is 11.7 Å². The molecule has 0 aliphatic heterocycles. The third-order valence-electron chi connectivity index (χ3n) is 1.76. The van der Waals surface area contributed by atoms with E-state index in [1.165, 1.54) is 0 Å². The Morgan fingerprint density at radius 1 is 1.58 bits per heavy atom. The summed E-state index contributed by atoms with van der Waals surface area (Å²) in [6.45, 7) is 0.0185. The Kier molecular flexibility index (Phi) is 2.65. The molecule has 1 saturated carbocycles.